The Morgan fingerprint density at radius 3 is 2.54 bits per heavy atom. The van der Waals surface area contributed by atoms with Crippen LogP contribution < -0.4 is 0 Å². The van der Waals surface area contributed by atoms with Crippen LogP contribution in [0.15, 0.2) is 60.8 Å². The Morgan fingerprint density at radius 1 is 1.00 bits per heavy atom. The van der Waals surface area contributed by atoms with Gasteiger partial charge in [0.2, 0.25) is 0 Å². The summed E-state index contributed by atoms with van der Waals surface area (Å²) in [6.45, 7) is 1.96. The van der Waals surface area contributed by atoms with Crippen LogP contribution in [-0.4, -0.2) is 14.6 Å². The molecule has 0 spiro atoms. The number of aromatic nitrogens is 3. The number of fused-ring (bicyclic) bond motifs is 1. The minimum absolute atomic E-state index is 0.250. The van der Waals surface area contributed by atoms with Crippen LogP contribution in [0.1, 0.15) is 5.69 Å². The van der Waals surface area contributed by atoms with Crippen molar-refractivity contribution in [1.82, 2.24) is 14.6 Å². The number of pyridine rings is 2. The molecule has 0 saturated heterocycles. The fourth-order valence-corrected chi connectivity index (χ4v) is 3.53. The molecule has 3 nitrogen and oxygen atoms in total. The second-order valence-corrected chi connectivity index (χ2v) is 6.71. The van der Waals surface area contributed by atoms with Crippen LogP contribution in [0.25, 0.3) is 28.0 Å². The lowest BCUT2D eigenvalue weighted by Gasteiger charge is -2.05. The van der Waals surface area contributed by atoms with E-state index in [9.17, 15) is 4.39 Å². The molecule has 118 valence electrons. The minimum atomic E-state index is -0.250. The molecule has 4 rings (SSSR count). The normalized spacial score (nSPS) is 11.1. The Kier molecular flexibility index (Phi) is 3.80. The zero-order valence-corrected chi connectivity index (χ0v) is 15.0. The fourth-order valence-electron chi connectivity index (χ4n) is 2.80. The second kappa shape index (κ2) is 5.98. The number of rotatable bonds is 2. The molecule has 3 heterocycles. The summed E-state index contributed by atoms with van der Waals surface area (Å²) in [6, 6.07) is 16.4. The summed E-state index contributed by atoms with van der Waals surface area (Å²) in [5.74, 6) is -0.250. The number of nitrogens with zero attached hydrogens (tertiary/aromatic N) is 3. The first kappa shape index (κ1) is 15.3. The third-order valence-electron chi connectivity index (χ3n) is 3.87. The third kappa shape index (κ3) is 2.58. The monoisotopic (exact) mass is 429 g/mol. The van der Waals surface area contributed by atoms with Gasteiger partial charge in [0.05, 0.1) is 11.2 Å². The maximum atomic E-state index is 13.4. The van der Waals surface area contributed by atoms with Crippen molar-refractivity contribution in [2.24, 2.45) is 0 Å². The maximum absolute atomic E-state index is 13.4. The summed E-state index contributed by atoms with van der Waals surface area (Å²) in [5.41, 5.74) is 5.45. The van der Waals surface area contributed by atoms with E-state index in [-0.39, 0.29) is 5.82 Å². The van der Waals surface area contributed by atoms with Crippen LogP contribution in [0, 0.1) is 16.3 Å². The molecule has 0 bridgehead atoms. The van der Waals surface area contributed by atoms with Gasteiger partial charge in [-0.2, -0.15) is 5.10 Å². The summed E-state index contributed by atoms with van der Waals surface area (Å²) in [4.78, 5) is 4.62. The second-order valence-electron chi connectivity index (χ2n) is 5.54. The fraction of sp³-hybridized carbons (Fsp3) is 0.0526. The van der Waals surface area contributed by atoms with Gasteiger partial charge in [0, 0.05) is 21.0 Å². The maximum Gasteiger partial charge on any atom is 0.123 e. The van der Waals surface area contributed by atoms with Crippen molar-refractivity contribution in [3.05, 3.63) is 75.9 Å². The van der Waals surface area contributed by atoms with E-state index < -0.39 is 0 Å². The molecule has 0 unspecified atom stereocenters. The highest BCUT2D eigenvalue weighted by Gasteiger charge is 2.19. The van der Waals surface area contributed by atoms with E-state index in [0.717, 1.165) is 37.3 Å². The van der Waals surface area contributed by atoms with Crippen molar-refractivity contribution in [2.45, 2.75) is 6.92 Å². The molecular formula is C19H13FIN3. The molecule has 4 aromatic rings. The number of hydrogen-bond donors (Lipinski definition) is 0. The van der Waals surface area contributed by atoms with Gasteiger partial charge in [-0.25, -0.2) is 8.91 Å². The molecule has 0 saturated carbocycles. The standard InChI is InChI=1S/C19H13FIN3/c1-12-4-2-6-16(22-12)18-17(13-7-9-14(20)10-8-13)19-15(21)5-3-11-24(19)23-18/h2-11H,1H3. The first-order chi connectivity index (χ1) is 11.6. The molecule has 0 aliphatic rings. The Balaban J connectivity index is 2.08. The average Bonchev–Trinajstić information content (AvgIpc) is 2.96. The van der Waals surface area contributed by atoms with Crippen LogP contribution in [0.3, 0.4) is 0 Å². The Labute approximate surface area is 152 Å². The van der Waals surface area contributed by atoms with Gasteiger partial charge in [0.25, 0.3) is 0 Å². The van der Waals surface area contributed by atoms with Crippen LogP contribution in [0.2, 0.25) is 0 Å². The molecule has 0 aliphatic carbocycles. The smallest absolute Gasteiger partial charge is 0.123 e. The van der Waals surface area contributed by atoms with Crippen molar-refractivity contribution >= 4 is 28.1 Å². The lowest BCUT2D eigenvalue weighted by molar-refractivity contribution is 0.628. The SMILES string of the molecule is Cc1cccc(-c2nn3cccc(I)c3c2-c2ccc(F)cc2)n1. The molecular weight excluding hydrogens is 416 g/mol. The van der Waals surface area contributed by atoms with Crippen molar-refractivity contribution in [1.29, 1.82) is 0 Å². The van der Waals surface area contributed by atoms with Gasteiger partial charge in [-0.15, -0.1) is 0 Å². The van der Waals surface area contributed by atoms with Crippen LogP contribution in [0.5, 0.6) is 0 Å². The van der Waals surface area contributed by atoms with Gasteiger partial charge in [-0.3, -0.25) is 4.98 Å². The van der Waals surface area contributed by atoms with Crippen LogP contribution >= 0.6 is 22.6 Å². The van der Waals surface area contributed by atoms with Gasteiger partial charge in [0.15, 0.2) is 0 Å². The predicted octanol–water partition coefficient (Wildman–Crippen LogP) is 5.12. The van der Waals surface area contributed by atoms with E-state index in [1.165, 1.54) is 12.1 Å². The number of benzene rings is 1. The molecule has 3 aromatic heterocycles. The van der Waals surface area contributed by atoms with E-state index in [0.29, 0.717) is 0 Å². The summed E-state index contributed by atoms with van der Waals surface area (Å²) in [5, 5.41) is 4.74. The number of halogens is 2. The molecule has 24 heavy (non-hydrogen) atoms. The Bertz CT molecular complexity index is 1040. The van der Waals surface area contributed by atoms with Crippen molar-refractivity contribution < 1.29 is 4.39 Å². The molecule has 0 amide bonds. The highest BCUT2D eigenvalue weighted by molar-refractivity contribution is 14.1. The van der Waals surface area contributed by atoms with Gasteiger partial charge in [-0.05, 0) is 71.5 Å². The summed E-state index contributed by atoms with van der Waals surface area (Å²) in [7, 11) is 0. The molecule has 0 N–H and O–H groups in total. The predicted molar refractivity (Wildman–Crippen MR) is 101 cm³/mol. The average molecular weight is 429 g/mol. The van der Waals surface area contributed by atoms with Crippen molar-refractivity contribution in [2.75, 3.05) is 0 Å². The first-order valence-corrected chi connectivity index (χ1v) is 8.58. The van der Waals surface area contributed by atoms with Crippen LogP contribution in [0.4, 0.5) is 4.39 Å². The quantitative estimate of drug-likeness (QED) is 0.415. The summed E-state index contributed by atoms with van der Waals surface area (Å²) < 4.78 is 16.3. The van der Waals surface area contributed by atoms with Gasteiger partial charge < -0.3 is 0 Å². The van der Waals surface area contributed by atoms with E-state index in [1.807, 2.05) is 48.0 Å². The van der Waals surface area contributed by atoms with E-state index in [1.54, 1.807) is 12.1 Å². The lowest BCUT2D eigenvalue weighted by atomic mass is 10.0. The molecule has 0 fully saturated rings. The molecule has 5 heteroatoms. The topological polar surface area (TPSA) is 30.2 Å². The number of aryl methyl sites for hydroxylation is 1. The lowest BCUT2D eigenvalue weighted by Crippen LogP contribution is -1.89. The van der Waals surface area contributed by atoms with Crippen LogP contribution in [-0.2, 0) is 0 Å². The third-order valence-corrected chi connectivity index (χ3v) is 4.74. The summed E-state index contributed by atoms with van der Waals surface area (Å²) in [6.07, 6.45) is 1.92. The largest absolute Gasteiger partial charge is 0.251 e. The van der Waals surface area contributed by atoms with Crippen molar-refractivity contribution in [3.8, 4) is 22.5 Å². The zero-order valence-electron chi connectivity index (χ0n) is 12.9. The Hall–Kier alpha value is -2.28. The van der Waals surface area contributed by atoms with Crippen molar-refractivity contribution in [3.63, 3.8) is 0 Å². The molecule has 0 aliphatic heterocycles. The molecule has 0 atom stereocenters. The summed E-state index contributed by atoms with van der Waals surface area (Å²) >= 11 is 2.30. The zero-order chi connectivity index (χ0) is 16.7. The highest BCUT2D eigenvalue weighted by Crippen LogP contribution is 2.36. The highest BCUT2D eigenvalue weighted by atomic mass is 127. The minimum Gasteiger partial charge on any atom is -0.251 e. The molecule has 1 aromatic carbocycles. The van der Waals surface area contributed by atoms with E-state index in [4.69, 9.17) is 5.10 Å². The van der Waals surface area contributed by atoms with Gasteiger partial charge in [-0.1, -0.05) is 18.2 Å². The first-order valence-electron chi connectivity index (χ1n) is 7.50. The van der Waals surface area contributed by atoms with Gasteiger partial charge >= 0.3 is 0 Å². The number of hydrogen-bond acceptors (Lipinski definition) is 2. The van der Waals surface area contributed by atoms with E-state index >= 15 is 0 Å². The Morgan fingerprint density at radius 2 is 1.79 bits per heavy atom. The van der Waals surface area contributed by atoms with Gasteiger partial charge in [0.1, 0.15) is 11.5 Å². The molecule has 0 radical (unpaired) electrons. The van der Waals surface area contributed by atoms with E-state index in [2.05, 4.69) is 27.6 Å².